The molecular formula is C14H11Br2ClN2O. The number of rotatable bonds is 4. The van der Waals surface area contributed by atoms with Gasteiger partial charge in [-0.05, 0) is 46.3 Å². The molecule has 0 spiro atoms. The SMILES string of the molecule is COc1c(Br)cc(Br)cc1C=NNc1cccc(Cl)c1. The second-order valence-electron chi connectivity index (χ2n) is 3.89. The van der Waals surface area contributed by atoms with Gasteiger partial charge in [-0.1, -0.05) is 33.6 Å². The number of anilines is 1. The Balaban J connectivity index is 2.19. The van der Waals surface area contributed by atoms with E-state index < -0.39 is 0 Å². The van der Waals surface area contributed by atoms with Crippen LogP contribution in [0, 0.1) is 0 Å². The van der Waals surface area contributed by atoms with E-state index in [4.69, 9.17) is 16.3 Å². The molecule has 0 saturated carbocycles. The Hall–Kier alpha value is -1.04. The van der Waals surface area contributed by atoms with Crippen molar-refractivity contribution in [3.8, 4) is 5.75 Å². The summed E-state index contributed by atoms with van der Waals surface area (Å²) in [6.45, 7) is 0. The summed E-state index contributed by atoms with van der Waals surface area (Å²) in [6.07, 6.45) is 1.69. The molecule has 2 aromatic rings. The van der Waals surface area contributed by atoms with E-state index in [2.05, 4.69) is 42.4 Å². The molecule has 0 fully saturated rings. The molecule has 104 valence electrons. The van der Waals surface area contributed by atoms with Crippen molar-refractivity contribution in [2.24, 2.45) is 5.10 Å². The molecular weight excluding hydrogens is 407 g/mol. The highest BCUT2D eigenvalue weighted by Gasteiger charge is 2.07. The van der Waals surface area contributed by atoms with Crippen LogP contribution in [0.25, 0.3) is 0 Å². The average molecular weight is 419 g/mol. The van der Waals surface area contributed by atoms with E-state index >= 15 is 0 Å². The molecule has 0 radical (unpaired) electrons. The largest absolute Gasteiger partial charge is 0.495 e. The van der Waals surface area contributed by atoms with Gasteiger partial charge in [0.15, 0.2) is 0 Å². The number of methoxy groups -OCH3 is 1. The first-order valence-electron chi connectivity index (χ1n) is 5.68. The first kappa shape index (κ1) is 15.4. The lowest BCUT2D eigenvalue weighted by atomic mass is 10.2. The molecule has 0 aliphatic rings. The Morgan fingerprint density at radius 1 is 1.25 bits per heavy atom. The minimum Gasteiger partial charge on any atom is -0.495 e. The van der Waals surface area contributed by atoms with Crippen LogP contribution < -0.4 is 10.2 Å². The lowest BCUT2D eigenvalue weighted by Crippen LogP contribution is -1.95. The third-order valence-electron chi connectivity index (χ3n) is 2.46. The van der Waals surface area contributed by atoms with E-state index in [0.717, 1.165) is 25.9 Å². The summed E-state index contributed by atoms with van der Waals surface area (Å²) in [5.41, 5.74) is 4.59. The molecule has 20 heavy (non-hydrogen) atoms. The number of hydrazone groups is 1. The van der Waals surface area contributed by atoms with Gasteiger partial charge >= 0.3 is 0 Å². The molecule has 6 heteroatoms. The molecule has 1 N–H and O–H groups in total. The second-order valence-corrected chi connectivity index (χ2v) is 6.10. The van der Waals surface area contributed by atoms with Crippen LogP contribution in [0.1, 0.15) is 5.56 Å². The zero-order valence-corrected chi connectivity index (χ0v) is 14.5. The van der Waals surface area contributed by atoms with Gasteiger partial charge in [-0.3, -0.25) is 5.43 Å². The fourth-order valence-corrected chi connectivity index (χ4v) is 3.24. The van der Waals surface area contributed by atoms with Crippen molar-refractivity contribution in [3.05, 3.63) is 55.9 Å². The molecule has 0 amide bonds. The summed E-state index contributed by atoms with van der Waals surface area (Å²) >= 11 is 12.8. The number of benzene rings is 2. The van der Waals surface area contributed by atoms with Crippen molar-refractivity contribution in [3.63, 3.8) is 0 Å². The van der Waals surface area contributed by atoms with Gasteiger partial charge < -0.3 is 4.74 Å². The molecule has 2 aromatic carbocycles. The predicted molar refractivity (Wildman–Crippen MR) is 91.1 cm³/mol. The standard InChI is InChI=1S/C14H11Br2ClN2O/c1-20-14-9(5-10(15)6-13(14)16)8-18-19-12-4-2-3-11(17)7-12/h2-8,19H,1H3. The van der Waals surface area contributed by atoms with Gasteiger partial charge in [-0.25, -0.2) is 0 Å². The fourth-order valence-electron chi connectivity index (χ4n) is 1.63. The van der Waals surface area contributed by atoms with E-state index in [9.17, 15) is 0 Å². The highest BCUT2D eigenvalue weighted by atomic mass is 79.9. The highest BCUT2D eigenvalue weighted by molar-refractivity contribution is 9.11. The Labute approximate surface area is 139 Å². The number of hydrogen-bond acceptors (Lipinski definition) is 3. The number of nitrogens with zero attached hydrogens (tertiary/aromatic N) is 1. The van der Waals surface area contributed by atoms with Gasteiger partial charge in [0.25, 0.3) is 0 Å². The van der Waals surface area contributed by atoms with Gasteiger partial charge in [-0.15, -0.1) is 0 Å². The topological polar surface area (TPSA) is 33.6 Å². The van der Waals surface area contributed by atoms with E-state index in [1.54, 1.807) is 19.4 Å². The van der Waals surface area contributed by atoms with Crippen LogP contribution >= 0.6 is 43.5 Å². The average Bonchev–Trinajstić information content (AvgIpc) is 2.38. The number of hydrogen-bond donors (Lipinski definition) is 1. The zero-order valence-electron chi connectivity index (χ0n) is 10.5. The third-order valence-corrected chi connectivity index (χ3v) is 3.75. The lowest BCUT2D eigenvalue weighted by molar-refractivity contribution is 0.411. The van der Waals surface area contributed by atoms with Crippen LogP contribution in [-0.2, 0) is 0 Å². The van der Waals surface area contributed by atoms with Crippen LogP contribution in [0.5, 0.6) is 5.75 Å². The minimum absolute atomic E-state index is 0.660. The first-order chi connectivity index (χ1) is 9.60. The molecule has 0 aliphatic carbocycles. The van der Waals surface area contributed by atoms with Crippen molar-refractivity contribution in [2.45, 2.75) is 0 Å². The first-order valence-corrected chi connectivity index (χ1v) is 7.64. The maximum absolute atomic E-state index is 5.91. The van der Waals surface area contributed by atoms with E-state index in [0.29, 0.717) is 5.02 Å². The maximum atomic E-state index is 5.91. The van der Waals surface area contributed by atoms with Crippen LogP contribution in [0.2, 0.25) is 5.02 Å². The lowest BCUT2D eigenvalue weighted by Gasteiger charge is -2.08. The molecule has 3 nitrogen and oxygen atoms in total. The Morgan fingerprint density at radius 2 is 2.05 bits per heavy atom. The summed E-state index contributed by atoms with van der Waals surface area (Å²) < 4.78 is 7.14. The fraction of sp³-hybridized carbons (Fsp3) is 0.0714. The Morgan fingerprint density at radius 3 is 2.75 bits per heavy atom. The van der Waals surface area contributed by atoms with Crippen LogP contribution in [-0.4, -0.2) is 13.3 Å². The molecule has 0 aromatic heterocycles. The molecule has 0 saturated heterocycles. The smallest absolute Gasteiger partial charge is 0.141 e. The van der Waals surface area contributed by atoms with Crippen LogP contribution in [0.3, 0.4) is 0 Å². The van der Waals surface area contributed by atoms with E-state index in [1.165, 1.54) is 0 Å². The van der Waals surface area contributed by atoms with Crippen molar-refractivity contribution in [1.29, 1.82) is 0 Å². The second kappa shape index (κ2) is 7.11. The minimum atomic E-state index is 0.660. The molecule has 0 aliphatic heterocycles. The maximum Gasteiger partial charge on any atom is 0.141 e. The number of ether oxygens (including phenoxy) is 1. The Kier molecular flexibility index (Phi) is 5.46. The van der Waals surface area contributed by atoms with Crippen molar-refractivity contribution < 1.29 is 4.74 Å². The number of halogens is 3. The molecule has 2 rings (SSSR count). The van der Waals surface area contributed by atoms with Gasteiger partial charge in [0.2, 0.25) is 0 Å². The summed E-state index contributed by atoms with van der Waals surface area (Å²) in [7, 11) is 1.62. The molecule has 0 heterocycles. The summed E-state index contributed by atoms with van der Waals surface area (Å²) in [5, 5.41) is 4.85. The van der Waals surface area contributed by atoms with Crippen molar-refractivity contribution in [2.75, 3.05) is 12.5 Å². The van der Waals surface area contributed by atoms with Gasteiger partial charge in [0.1, 0.15) is 5.75 Å². The monoisotopic (exact) mass is 416 g/mol. The highest BCUT2D eigenvalue weighted by Crippen LogP contribution is 2.31. The third kappa shape index (κ3) is 3.98. The van der Waals surface area contributed by atoms with E-state index in [-0.39, 0.29) is 0 Å². The van der Waals surface area contributed by atoms with Gasteiger partial charge in [0.05, 0.1) is 23.5 Å². The van der Waals surface area contributed by atoms with Gasteiger partial charge in [-0.2, -0.15) is 5.10 Å². The quantitative estimate of drug-likeness (QED) is 0.539. The summed E-state index contributed by atoms with van der Waals surface area (Å²) in [6, 6.07) is 11.2. The normalized spacial score (nSPS) is 10.8. The van der Waals surface area contributed by atoms with Crippen LogP contribution in [0.15, 0.2) is 50.4 Å². The molecule has 0 unspecified atom stereocenters. The summed E-state index contributed by atoms with van der Waals surface area (Å²) in [4.78, 5) is 0. The van der Waals surface area contributed by atoms with Crippen molar-refractivity contribution in [1.82, 2.24) is 0 Å². The molecule has 0 bridgehead atoms. The van der Waals surface area contributed by atoms with Gasteiger partial charge in [0, 0.05) is 15.1 Å². The molecule has 0 atom stereocenters. The predicted octanol–water partition coefficient (Wildman–Crippen LogP) is 5.32. The summed E-state index contributed by atoms with van der Waals surface area (Å²) in [5.74, 6) is 0.727. The number of nitrogens with one attached hydrogen (secondary N) is 1. The van der Waals surface area contributed by atoms with Crippen LogP contribution in [0.4, 0.5) is 5.69 Å². The Bertz CT molecular complexity index is 647. The zero-order chi connectivity index (χ0) is 14.5. The van der Waals surface area contributed by atoms with E-state index in [1.807, 2.05) is 30.3 Å². The van der Waals surface area contributed by atoms with Crippen molar-refractivity contribution >= 4 is 55.4 Å².